The molecule has 0 aliphatic rings. The maximum Gasteiger partial charge on any atom is 0.340 e. The maximum absolute atomic E-state index is 13.1. The van der Waals surface area contributed by atoms with Crippen LogP contribution in [0.2, 0.25) is 0 Å². The van der Waals surface area contributed by atoms with Crippen molar-refractivity contribution in [2.75, 3.05) is 24.6 Å². The standard InChI is InChI=1S/C19H21NO5S/c1-4-14-20(18-9-7-6-8-17(18)19(21)25-5-2)26(22,23)16-12-10-15(24-3)11-13-16/h4,6-13H,1,5,14H2,2-3H3. The van der Waals surface area contributed by atoms with Crippen LogP contribution in [-0.4, -0.2) is 34.6 Å². The molecule has 0 amide bonds. The zero-order valence-electron chi connectivity index (χ0n) is 14.7. The molecule has 26 heavy (non-hydrogen) atoms. The first kappa shape index (κ1) is 19.5. The quantitative estimate of drug-likeness (QED) is 0.523. The number of esters is 1. The summed E-state index contributed by atoms with van der Waals surface area (Å²) in [6, 6.07) is 12.5. The summed E-state index contributed by atoms with van der Waals surface area (Å²) < 4.78 is 37.5. The summed E-state index contributed by atoms with van der Waals surface area (Å²) in [4.78, 5) is 12.3. The summed E-state index contributed by atoms with van der Waals surface area (Å²) in [7, 11) is -2.41. The van der Waals surface area contributed by atoms with Gasteiger partial charge in [-0.3, -0.25) is 4.31 Å². The van der Waals surface area contributed by atoms with Crippen molar-refractivity contribution in [1.82, 2.24) is 0 Å². The lowest BCUT2D eigenvalue weighted by Gasteiger charge is -2.25. The van der Waals surface area contributed by atoms with Gasteiger partial charge in [-0.2, -0.15) is 0 Å². The Balaban J connectivity index is 2.55. The van der Waals surface area contributed by atoms with Gasteiger partial charge in [-0.15, -0.1) is 6.58 Å². The molecule has 2 rings (SSSR count). The number of benzene rings is 2. The van der Waals surface area contributed by atoms with E-state index in [1.807, 2.05) is 0 Å². The van der Waals surface area contributed by atoms with Crippen molar-refractivity contribution >= 4 is 21.7 Å². The molecule has 0 N–H and O–H groups in total. The van der Waals surface area contributed by atoms with Crippen molar-refractivity contribution < 1.29 is 22.7 Å². The van der Waals surface area contributed by atoms with Crippen molar-refractivity contribution in [3.8, 4) is 5.75 Å². The Hall–Kier alpha value is -2.80. The number of ether oxygens (including phenoxy) is 2. The topological polar surface area (TPSA) is 72.9 Å². The van der Waals surface area contributed by atoms with Gasteiger partial charge in [-0.05, 0) is 43.3 Å². The van der Waals surface area contributed by atoms with Gasteiger partial charge in [0.2, 0.25) is 0 Å². The fourth-order valence-electron chi connectivity index (χ4n) is 2.39. The van der Waals surface area contributed by atoms with Gasteiger partial charge in [-0.25, -0.2) is 13.2 Å². The normalized spacial score (nSPS) is 10.8. The van der Waals surface area contributed by atoms with Crippen LogP contribution in [-0.2, 0) is 14.8 Å². The van der Waals surface area contributed by atoms with E-state index in [9.17, 15) is 13.2 Å². The van der Waals surface area contributed by atoms with Gasteiger partial charge in [0.25, 0.3) is 10.0 Å². The third kappa shape index (κ3) is 4.05. The van der Waals surface area contributed by atoms with Crippen molar-refractivity contribution in [2.24, 2.45) is 0 Å². The van der Waals surface area contributed by atoms with Gasteiger partial charge in [0, 0.05) is 0 Å². The van der Waals surface area contributed by atoms with Crippen LogP contribution in [0, 0.1) is 0 Å². The second kappa shape index (κ2) is 8.53. The second-order valence-electron chi connectivity index (χ2n) is 5.24. The minimum Gasteiger partial charge on any atom is -0.497 e. The van der Waals surface area contributed by atoms with Crippen LogP contribution in [0.15, 0.2) is 66.1 Å². The number of para-hydroxylation sites is 1. The lowest BCUT2D eigenvalue weighted by atomic mass is 10.2. The van der Waals surface area contributed by atoms with Crippen LogP contribution in [0.5, 0.6) is 5.75 Å². The number of carbonyl (C=O) groups excluding carboxylic acids is 1. The van der Waals surface area contributed by atoms with E-state index >= 15 is 0 Å². The fourth-order valence-corrected chi connectivity index (χ4v) is 3.85. The van der Waals surface area contributed by atoms with Gasteiger partial charge in [-0.1, -0.05) is 18.2 Å². The van der Waals surface area contributed by atoms with Gasteiger partial charge < -0.3 is 9.47 Å². The van der Waals surface area contributed by atoms with Crippen molar-refractivity contribution in [3.63, 3.8) is 0 Å². The van der Waals surface area contributed by atoms with Crippen LogP contribution in [0.3, 0.4) is 0 Å². The molecule has 0 atom stereocenters. The Kier molecular flexibility index (Phi) is 6.41. The van der Waals surface area contributed by atoms with Crippen LogP contribution in [0.25, 0.3) is 0 Å². The number of carbonyl (C=O) groups is 1. The molecule has 0 saturated carbocycles. The van der Waals surface area contributed by atoms with Gasteiger partial charge in [0.05, 0.1) is 36.4 Å². The molecule has 0 unspecified atom stereocenters. The molecule has 7 heteroatoms. The van der Waals surface area contributed by atoms with Gasteiger partial charge >= 0.3 is 5.97 Å². The Morgan fingerprint density at radius 2 is 1.81 bits per heavy atom. The average Bonchev–Trinajstić information content (AvgIpc) is 2.66. The summed E-state index contributed by atoms with van der Waals surface area (Å²) in [5.74, 6) is -0.0340. The van der Waals surface area contributed by atoms with E-state index in [1.165, 1.54) is 31.4 Å². The summed E-state index contributed by atoms with van der Waals surface area (Å²) >= 11 is 0. The number of sulfonamides is 1. The highest BCUT2D eigenvalue weighted by molar-refractivity contribution is 7.92. The Morgan fingerprint density at radius 3 is 2.38 bits per heavy atom. The smallest absolute Gasteiger partial charge is 0.340 e. The summed E-state index contributed by atoms with van der Waals surface area (Å²) in [6.07, 6.45) is 1.46. The number of methoxy groups -OCH3 is 1. The van der Waals surface area contributed by atoms with Gasteiger partial charge in [0.1, 0.15) is 5.75 Å². The Labute approximate surface area is 153 Å². The zero-order chi connectivity index (χ0) is 19.2. The molecule has 0 aliphatic heterocycles. The molecule has 6 nitrogen and oxygen atoms in total. The third-order valence-electron chi connectivity index (χ3n) is 3.61. The molecule has 0 bridgehead atoms. The van der Waals surface area contributed by atoms with E-state index < -0.39 is 16.0 Å². The lowest BCUT2D eigenvalue weighted by molar-refractivity contribution is 0.0527. The molecule has 2 aromatic rings. The minimum absolute atomic E-state index is 0.00474. The van der Waals surface area contributed by atoms with Crippen LogP contribution in [0.1, 0.15) is 17.3 Å². The second-order valence-corrected chi connectivity index (χ2v) is 7.10. The Morgan fingerprint density at radius 1 is 1.15 bits per heavy atom. The predicted molar refractivity (Wildman–Crippen MR) is 100 cm³/mol. The van der Waals surface area contributed by atoms with Crippen LogP contribution < -0.4 is 9.04 Å². The molecular weight excluding hydrogens is 354 g/mol. The van der Waals surface area contributed by atoms with E-state index in [4.69, 9.17) is 9.47 Å². The van der Waals surface area contributed by atoms with E-state index in [2.05, 4.69) is 6.58 Å². The van der Waals surface area contributed by atoms with Crippen molar-refractivity contribution in [2.45, 2.75) is 11.8 Å². The van der Waals surface area contributed by atoms with Crippen LogP contribution in [0.4, 0.5) is 5.69 Å². The number of nitrogens with zero attached hydrogens (tertiary/aromatic N) is 1. The first-order valence-corrected chi connectivity index (χ1v) is 9.43. The SMILES string of the molecule is C=CCN(c1ccccc1C(=O)OCC)S(=O)(=O)c1ccc(OC)cc1. The highest BCUT2D eigenvalue weighted by Crippen LogP contribution is 2.28. The van der Waals surface area contributed by atoms with E-state index in [0.29, 0.717) is 5.75 Å². The molecule has 0 radical (unpaired) electrons. The fraction of sp³-hybridized carbons (Fsp3) is 0.211. The molecule has 0 aromatic heterocycles. The number of hydrogen-bond donors (Lipinski definition) is 0. The van der Waals surface area contributed by atoms with E-state index in [1.54, 1.807) is 37.3 Å². The number of anilines is 1. The molecule has 2 aromatic carbocycles. The highest BCUT2D eigenvalue weighted by atomic mass is 32.2. The number of rotatable bonds is 8. The molecule has 0 fully saturated rings. The highest BCUT2D eigenvalue weighted by Gasteiger charge is 2.27. The van der Waals surface area contributed by atoms with Crippen molar-refractivity contribution in [3.05, 3.63) is 66.7 Å². The van der Waals surface area contributed by atoms with Gasteiger partial charge in [0.15, 0.2) is 0 Å². The molecule has 0 spiro atoms. The molecule has 0 aliphatic carbocycles. The number of hydrogen-bond acceptors (Lipinski definition) is 5. The monoisotopic (exact) mass is 375 g/mol. The summed E-state index contributed by atoms with van der Waals surface area (Å²) in [5, 5.41) is 0. The first-order valence-electron chi connectivity index (χ1n) is 7.99. The van der Waals surface area contributed by atoms with Crippen LogP contribution >= 0.6 is 0 Å². The molecular formula is C19H21NO5S. The minimum atomic E-state index is -3.91. The summed E-state index contributed by atoms with van der Waals surface area (Å²) in [5.41, 5.74) is 0.412. The maximum atomic E-state index is 13.1. The largest absolute Gasteiger partial charge is 0.497 e. The first-order chi connectivity index (χ1) is 12.5. The van der Waals surface area contributed by atoms with Crippen molar-refractivity contribution in [1.29, 1.82) is 0 Å². The zero-order valence-corrected chi connectivity index (χ0v) is 15.5. The Bertz CT molecular complexity index is 875. The lowest BCUT2D eigenvalue weighted by Crippen LogP contribution is -2.32. The van der Waals surface area contributed by atoms with E-state index in [-0.39, 0.29) is 29.3 Å². The molecule has 0 saturated heterocycles. The third-order valence-corrected chi connectivity index (χ3v) is 5.40. The van der Waals surface area contributed by atoms with E-state index in [0.717, 1.165) is 4.31 Å². The average molecular weight is 375 g/mol. The molecule has 138 valence electrons. The molecule has 0 heterocycles. The summed E-state index contributed by atoms with van der Waals surface area (Å²) in [6.45, 7) is 5.52. The predicted octanol–water partition coefficient (Wildman–Crippen LogP) is 3.25.